The van der Waals surface area contributed by atoms with E-state index in [1.54, 1.807) is 6.08 Å². The molecule has 0 aromatic rings. The van der Waals surface area contributed by atoms with Crippen molar-refractivity contribution in [2.75, 3.05) is 13.6 Å². The van der Waals surface area contributed by atoms with E-state index < -0.39 is 16.8 Å². The van der Waals surface area contributed by atoms with Crippen molar-refractivity contribution in [3.8, 4) is 0 Å². The molecule has 0 radical (unpaired) electrons. The van der Waals surface area contributed by atoms with E-state index in [1.807, 2.05) is 0 Å². The maximum atomic E-state index is 12.4. The Balaban J connectivity index is 1.66. The van der Waals surface area contributed by atoms with Crippen molar-refractivity contribution in [1.29, 1.82) is 0 Å². The number of carbonyl (C=O) groups is 2. The van der Waals surface area contributed by atoms with Crippen LogP contribution in [0.3, 0.4) is 0 Å². The van der Waals surface area contributed by atoms with Crippen molar-refractivity contribution in [2.24, 2.45) is 17.3 Å². The summed E-state index contributed by atoms with van der Waals surface area (Å²) < 4.78 is 0. The van der Waals surface area contributed by atoms with E-state index in [1.165, 1.54) is 23.8 Å². The van der Waals surface area contributed by atoms with Crippen LogP contribution in [-0.2, 0) is 9.59 Å². The van der Waals surface area contributed by atoms with Crippen molar-refractivity contribution >= 4 is 11.6 Å². The van der Waals surface area contributed by atoms with Gasteiger partial charge in [0.25, 0.3) is 0 Å². The first-order valence-electron chi connectivity index (χ1n) is 9.80. The molecule has 138 valence electrons. The van der Waals surface area contributed by atoms with E-state index in [-0.39, 0.29) is 29.9 Å². The first-order chi connectivity index (χ1) is 12.4. The van der Waals surface area contributed by atoms with Crippen LogP contribution in [0, 0.1) is 17.3 Å². The van der Waals surface area contributed by atoms with Gasteiger partial charge in [0.15, 0.2) is 5.76 Å². The van der Waals surface area contributed by atoms with E-state index in [0.29, 0.717) is 24.8 Å². The minimum absolute atomic E-state index is 0.0428. The molecule has 0 aromatic heterocycles. The molecule has 0 heterocycles. The average molecular weight is 356 g/mol. The zero-order chi connectivity index (χ0) is 18.3. The molecule has 5 aliphatic rings. The van der Waals surface area contributed by atoms with E-state index in [4.69, 9.17) is 0 Å². The van der Waals surface area contributed by atoms with E-state index in [2.05, 4.69) is 13.1 Å². The Kier molecular flexibility index (Phi) is 3.27. The predicted molar refractivity (Wildman–Crippen MR) is 94.5 cm³/mol. The Morgan fingerprint density at radius 3 is 2.77 bits per heavy atom. The normalized spacial score (nSPS) is 42.5. The fourth-order valence-corrected chi connectivity index (χ4v) is 6.21. The van der Waals surface area contributed by atoms with Crippen molar-refractivity contribution in [2.45, 2.75) is 50.2 Å². The van der Waals surface area contributed by atoms with Gasteiger partial charge < -0.3 is 15.1 Å². The van der Waals surface area contributed by atoms with Crippen LogP contribution >= 0.6 is 0 Å². The molecule has 0 spiro atoms. The summed E-state index contributed by atoms with van der Waals surface area (Å²) in [5.74, 6) is 0.157. The molecular formula is C21H26NO4+. The molecule has 0 aromatic carbocycles. The van der Waals surface area contributed by atoms with Crippen LogP contribution < -0.4 is 4.90 Å². The lowest BCUT2D eigenvalue weighted by Gasteiger charge is -2.51. The third-order valence-corrected chi connectivity index (χ3v) is 7.62. The van der Waals surface area contributed by atoms with Gasteiger partial charge in [-0.3, -0.25) is 9.59 Å². The predicted octanol–water partition coefficient (Wildman–Crippen LogP) is 0.661. The summed E-state index contributed by atoms with van der Waals surface area (Å²) >= 11 is 0. The summed E-state index contributed by atoms with van der Waals surface area (Å²) in [5, 5.41) is 22.4. The molecule has 3 saturated carbocycles. The number of aliphatic hydroxyl groups excluding tert-OH is 1. The highest BCUT2D eigenvalue weighted by Gasteiger charge is 2.71. The number of ketones is 2. The molecule has 5 rings (SSSR count). The summed E-state index contributed by atoms with van der Waals surface area (Å²) in [5.41, 5.74) is -0.516. The first-order valence-corrected chi connectivity index (χ1v) is 9.80. The maximum absolute atomic E-state index is 12.4. The Bertz CT molecular complexity index is 805. The zero-order valence-corrected chi connectivity index (χ0v) is 15.1. The van der Waals surface area contributed by atoms with Crippen LogP contribution in [0.4, 0.5) is 0 Å². The van der Waals surface area contributed by atoms with E-state index in [9.17, 15) is 19.8 Å². The number of aliphatic hydroxyl groups is 2. The zero-order valence-electron chi connectivity index (χ0n) is 15.1. The highest BCUT2D eigenvalue weighted by molar-refractivity contribution is 6.06. The first kappa shape index (κ1) is 16.5. The van der Waals surface area contributed by atoms with Gasteiger partial charge in [0, 0.05) is 36.2 Å². The Labute approximate surface area is 153 Å². The number of Topliss-reactive ketones (excluding diaryl/α,β-unsaturated/α-hetero) is 1. The number of hydrogen-bond donors (Lipinski definition) is 3. The molecule has 3 N–H and O–H groups in total. The number of allylic oxidation sites excluding steroid dienone is 3. The Morgan fingerprint density at radius 1 is 1.27 bits per heavy atom. The van der Waals surface area contributed by atoms with Crippen LogP contribution in [0.5, 0.6) is 0 Å². The van der Waals surface area contributed by atoms with Gasteiger partial charge in [-0.05, 0) is 30.9 Å². The van der Waals surface area contributed by atoms with Crippen molar-refractivity contribution in [3.05, 3.63) is 35.1 Å². The standard InChI is InChI=1S/C21H25NO4/c1-22(11-12-2-3-12)16-10-20-9-14(23)6-7-21(20,26)15(16)8-13-4-5-17(24)19(25)18(13)20/h4-5,8,12,15-16,25-26H,2-3,6-7,9-11H2,1H3/p+1. The second-order valence-electron chi connectivity index (χ2n) is 9.10. The number of rotatable bonds is 3. The van der Waals surface area contributed by atoms with Gasteiger partial charge in [-0.1, -0.05) is 12.2 Å². The number of quaternary nitrogens is 1. The van der Waals surface area contributed by atoms with Gasteiger partial charge in [0.05, 0.1) is 31.2 Å². The topological polar surface area (TPSA) is 79.0 Å². The van der Waals surface area contributed by atoms with Gasteiger partial charge in [0.1, 0.15) is 5.78 Å². The number of hydrogen-bond acceptors (Lipinski definition) is 4. The third kappa shape index (κ3) is 1.99. The van der Waals surface area contributed by atoms with Crippen LogP contribution in [0.25, 0.3) is 0 Å². The maximum Gasteiger partial charge on any atom is 0.220 e. The Hall–Kier alpha value is -1.72. The third-order valence-electron chi connectivity index (χ3n) is 7.62. The molecule has 3 fully saturated rings. The molecule has 26 heavy (non-hydrogen) atoms. The Morgan fingerprint density at radius 2 is 2.04 bits per heavy atom. The molecule has 5 atom stereocenters. The van der Waals surface area contributed by atoms with Crippen LogP contribution in [0.2, 0.25) is 0 Å². The summed E-state index contributed by atoms with van der Waals surface area (Å²) in [7, 11) is 2.19. The molecule has 2 bridgehead atoms. The van der Waals surface area contributed by atoms with Gasteiger partial charge in [-0.25, -0.2) is 0 Å². The van der Waals surface area contributed by atoms with Crippen molar-refractivity contribution in [1.82, 2.24) is 0 Å². The van der Waals surface area contributed by atoms with Crippen LogP contribution in [-0.4, -0.2) is 47.0 Å². The van der Waals surface area contributed by atoms with Gasteiger partial charge in [-0.15, -0.1) is 0 Å². The highest BCUT2D eigenvalue weighted by Crippen LogP contribution is 2.65. The fraction of sp³-hybridized carbons (Fsp3) is 0.619. The minimum atomic E-state index is -1.05. The summed E-state index contributed by atoms with van der Waals surface area (Å²) in [6.45, 7) is 1.09. The van der Waals surface area contributed by atoms with E-state index >= 15 is 0 Å². The summed E-state index contributed by atoms with van der Waals surface area (Å²) in [6, 6.07) is 0.202. The summed E-state index contributed by atoms with van der Waals surface area (Å²) in [6.07, 6.45) is 9.46. The van der Waals surface area contributed by atoms with Crippen molar-refractivity contribution in [3.63, 3.8) is 0 Å². The molecule has 0 aliphatic heterocycles. The molecule has 5 nitrogen and oxygen atoms in total. The number of carbonyl (C=O) groups excluding carboxylic acids is 2. The second-order valence-corrected chi connectivity index (χ2v) is 9.10. The molecule has 5 heteroatoms. The largest absolute Gasteiger partial charge is 0.504 e. The second kappa shape index (κ2) is 5.17. The molecule has 0 amide bonds. The summed E-state index contributed by atoms with van der Waals surface area (Å²) in [4.78, 5) is 26.0. The molecule has 5 unspecified atom stereocenters. The van der Waals surface area contributed by atoms with E-state index in [0.717, 1.165) is 18.0 Å². The lowest BCUT2D eigenvalue weighted by atomic mass is 9.54. The molecule has 0 saturated heterocycles. The van der Waals surface area contributed by atoms with Gasteiger partial charge >= 0.3 is 0 Å². The molecule has 5 aliphatic carbocycles. The SMILES string of the molecule is C[NH+](CC1CC1)C1CC23CC(=O)CCC2(O)C1C=C1C=CC(=O)C(O)=C13. The fourth-order valence-electron chi connectivity index (χ4n) is 6.21. The highest BCUT2D eigenvalue weighted by atomic mass is 16.3. The van der Waals surface area contributed by atoms with Gasteiger partial charge in [-0.2, -0.15) is 0 Å². The monoisotopic (exact) mass is 356 g/mol. The lowest BCUT2D eigenvalue weighted by Crippen LogP contribution is -3.14. The quantitative estimate of drug-likeness (QED) is 0.694. The minimum Gasteiger partial charge on any atom is -0.504 e. The van der Waals surface area contributed by atoms with Crippen molar-refractivity contribution < 1.29 is 24.7 Å². The van der Waals surface area contributed by atoms with Crippen LogP contribution in [0.1, 0.15) is 38.5 Å². The van der Waals surface area contributed by atoms with Gasteiger partial charge in [0.2, 0.25) is 5.78 Å². The number of nitrogens with one attached hydrogen (secondary N) is 1. The lowest BCUT2D eigenvalue weighted by molar-refractivity contribution is -0.910. The smallest absolute Gasteiger partial charge is 0.220 e. The molecular weight excluding hydrogens is 330 g/mol. The number of fused-ring (bicyclic) bond motifs is 1. The average Bonchev–Trinajstić information content (AvgIpc) is 3.38. The van der Waals surface area contributed by atoms with Crippen LogP contribution in [0.15, 0.2) is 35.1 Å².